The molecule has 0 spiro atoms. The van der Waals surface area contributed by atoms with Crippen molar-refractivity contribution in [3.8, 4) is 0 Å². The molecule has 20 heavy (non-hydrogen) atoms. The van der Waals surface area contributed by atoms with Crippen LogP contribution in [0.15, 0.2) is 48.5 Å². The summed E-state index contributed by atoms with van der Waals surface area (Å²) < 4.78 is 40.1. The van der Waals surface area contributed by atoms with Gasteiger partial charge < -0.3 is 0 Å². The van der Waals surface area contributed by atoms with Crippen LogP contribution in [0.1, 0.15) is 22.7 Å². The van der Waals surface area contributed by atoms with Gasteiger partial charge in [0.15, 0.2) is 0 Å². The van der Waals surface area contributed by atoms with E-state index in [2.05, 4.69) is 28.0 Å². The van der Waals surface area contributed by atoms with Gasteiger partial charge in [0.05, 0.1) is 11.6 Å². The predicted molar refractivity (Wildman–Crippen MR) is 79.8 cm³/mol. The first kappa shape index (κ1) is 15.3. The average Bonchev–Trinajstić information content (AvgIpc) is 2.39. The molecular weight excluding hydrogens is 380 g/mol. The molecule has 2 nitrogen and oxygen atoms in total. The lowest BCUT2D eigenvalue weighted by atomic mass is 9.94. The van der Waals surface area contributed by atoms with Crippen molar-refractivity contribution >= 4 is 22.6 Å². The second-order valence-corrected chi connectivity index (χ2v) is 5.49. The maximum Gasteiger partial charge on any atom is 0.416 e. The van der Waals surface area contributed by atoms with Crippen molar-refractivity contribution in [2.75, 3.05) is 0 Å². The van der Waals surface area contributed by atoms with E-state index in [1.807, 2.05) is 6.07 Å². The summed E-state index contributed by atoms with van der Waals surface area (Å²) in [6.45, 7) is 0. The van der Waals surface area contributed by atoms with Gasteiger partial charge in [0, 0.05) is 3.57 Å². The fourth-order valence-electron chi connectivity index (χ4n) is 2.06. The highest BCUT2D eigenvalue weighted by Gasteiger charge is 2.35. The molecule has 106 valence electrons. The molecule has 2 aromatic rings. The highest BCUT2D eigenvalue weighted by atomic mass is 127. The van der Waals surface area contributed by atoms with Gasteiger partial charge in [-0.25, -0.2) is 5.43 Å². The number of hydrazine groups is 1. The Morgan fingerprint density at radius 1 is 1.05 bits per heavy atom. The largest absolute Gasteiger partial charge is 0.416 e. The zero-order valence-corrected chi connectivity index (χ0v) is 12.4. The maximum absolute atomic E-state index is 13.1. The Bertz CT molecular complexity index is 599. The summed E-state index contributed by atoms with van der Waals surface area (Å²) in [4.78, 5) is 0. The van der Waals surface area contributed by atoms with Gasteiger partial charge >= 0.3 is 6.18 Å². The molecule has 0 amide bonds. The summed E-state index contributed by atoms with van der Waals surface area (Å²) >= 11 is 2.11. The molecule has 1 unspecified atom stereocenters. The summed E-state index contributed by atoms with van der Waals surface area (Å²) in [6.07, 6.45) is -4.41. The summed E-state index contributed by atoms with van der Waals surface area (Å²) in [5.74, 6) is 5.48. The molecule has 0 aliphatic heterocycles. The molecule has 0 heterocycles. The third-order valence-corrected chi connectivity index (χ3v) is 3.60. The van der Waals surface area contributed by atoms with Crippen molar-refractivity contribution in [2.24, 2.45) is 5.84 Å². The SMILES string of the molecule is NNC(c1cccc(I)c1)c1ccccc1C(F)(F)F. The second kappa shape index (κ2) is 6.11. The summed E-state index contributed by atoms with van der Waals surface area (Å²) in [5.41, 5.74) is 2.60. The topological polar surface area (TPSA) is 38.0 Å². The Morgan fingerprint density at radius 2 is 1.75 bits per heavy atom. The quantitative estimate of drug-likeness (QED) is 0.473. The summed E-state index contributed by atoms with van der Waals surface area (Å²) in [6, 6.07) is 11.9. The van der Waals surface area contributed by atoms with E-state index in [9.17, 15) is 13.2 Å². The fourth-order valence-corrected chi connectivity index (χ4v) is 2.63. The van der Waals surface area contributed by atoms with E-state index in [1.165, 1.54) is 12.1 Å². The number of alkyl halides is 3. The van der Waals surface area contributed by atoms with Gasteiger partial charge in [0.2, 0.25) is 0 Å². The van der Waals surface area contributed by atoms with Crippen molar-refractivity contribution < 1.29 is 13.2 Å². The Morgan fingerprint density at radius 3 is 2.35 bits per heavy atom. The van der Waals surface area contributed by atoms with Crippen LogP contribution in [0.5, 0.6) is 0 Å². The molecule has 0 fully saturated rings. The predicted octanol–water partition coefficient (Wildman–Crippen LogP) is 3.86. The van der Waals surface area contributed by atoms with E-state index >= 15 is 0 Å². The van der Waals surface area contributed by atoms with E-state index in [4.69, 9.17) is 5.84 Å². The zero-order valence-electron chi connectivity index (χ0n) is 10.3. The minimum Gasteiger partial charge on any atom is -0.271 e. The lowest BCUT2D eigenvalue weighted by molar-refractivity contribution is -0.138. The van der Waals surface area contributed by atoms with Crippen LogP contribution in [-0.2, 0) is 6.18 Å². The van der Waals surface area contributed by atoms with Crippen LogP contribution < -0.4 is 11.3 Å². The Labute approximate surface area is 128 Å². The number of hydrogen-bond acceptors (Lipinski definition) is 2. The number of rotatable bonds is 3. The molecule has 3 N–H and O–H groups in total. The van der Waals surface area contributed by atoms with Crippen molar-refractivity contribution in [1.29, 1.82) is 0 Å². The van der Waals surface area contributed by atoms with E-state index in [0.717, 1.165) is 9.64 Å². The number of nitrogens with two attached hydrogens (primary N) is 1. The normalized spacial score (nSPS) is 13.2. The highest BCUT2D eigenvalue weighted by molar-refractivity contribution is 14.1. The van der Waals surface area contributed by atoms with Crippen LogP contribution >= 0.6 is 22.6 Å². The van der Waals surface area contributed by atoms with Gasteiger partial charge in [-0.05, 0) is 51.9 Å². The molecule has 0 aliphatic rings. The van der Waals surface area contributed by atoms with Crippen LogP contribution in [-0.4, -0.2) is 0 Å². The van der Waals surface area contributed by atoms with E-state index in [-0.39, 0.29) is 5.56 Å². The minimum absolute atomic E-state index is 0.115. The Kier molecular flexibility index (Phi) is 4.66. The monoisotopic (exact) mass is 392 g/mol. The Balaban J connectivity index is 2.53. The molecule has 0 saturated carbocycles. The van der Waals surface area contributed by atoms with E-state index < -0.39 is 17.8 Å². The standard InChI is InChI=1S/C14H12F3IN2/c15-14(16,17)12-7-2-1-6-11(12)13(20-19)9-4-3-5-10(18)8-9/h1-8,13,20H,19H2. The molecule has 0 radical (unpaired) electrons. The van der Waals surface area contributed by atoms with Crippen molar-refractivity contribution in [1.82, 2.24) is 5.43 Å². The molecule has 0 aliphatic carbocycles. The van der Waals surface area contributed by atoms with Gasteiger partial charge in [-0.3, -0.25) is 5.84 Å². The molecular formula is C14H12F3IN2. The lowest BCUT2D eigenvalue weighted by Gasteiger charge is -2.21. The first-order chi connectivity index (χ1) is 9.43. The van der Waals surface area contributed by atoms with Crippen molar-refractivity contribution in [2.45, 2.75) is 12.2 Å². The van der Waals surface area contributed by atoms with Gasteiger partial charge in [-0.15, -0.1) is 0 Å². The first-order valence-electron chi connectivity index (χ1n) is 5.81. The maximum atomic E-state index is 13.1. The minimum atomic E-state index is -4.41. The van der Waals surface area contributed by atoms with Crippen LogP contribution in [0.3, 0.4) is 0 Å². The Hall–Kier alpha value is -1.12. The van der Waals surface area contributed by atoms with E-state index in [0.29, 0.717) is 5.56 Å². The fraction of sp³-hybridized carbons (Fsp3) is 0.143. The summed E-state index contributed by atoms with van der Waals surface area (Å²) in [5, 5.41) is 0. The van der Waals surface area contributed by atoms with E-state index in [1.54, 1.807) is 24.3 Å². The third kappa shape index (κ3) is 3.31. The number of benzene rings is 2. The van der Waals surface area contributed by atoms with Crippen LogP contribution in [0.25, 0.3) is 0 Å². The van der Waals surface area contributed by atoms with Crippen molar-refractivity contribution in [3.05, 3.63) is 68.8 Å². The molecule has 2 rings (SSSR count). The number of halogens is 4. The molecule has 0 aromatic heterocycles. The van der Waals surface area contributed by atoms with Crippen molar-refractivity contribution in [3.63, 3.8) is 0 Å². The molecule has 2 aromatic carbocycles. The second-order valence-electron chi connectivity index (χ2n) is 4.24. The number of hydrogen-bond donors (Lipinski definition) is 2. The summed E-state index contributed by atoms with van der Waals surface area (Å²) in [7, 11) is 0. The molecule has 0 saturated heterocycles. The lowest BCUT2D eigenvalue weighted by Crippen LogP contribution is -2.30. The third-order valence-electron chi connectivity index (χ3n) is 2.93. The zero-order chi connectivity index (χ0) is 14.8. The highest BCUT2D eigenvalue weighted by Crippen LogP contribution is 2.36. The molecule has 1 atom stereocenters. The number of nitrogens with one attached hydrogen (secondary N) is 1. The van der Waals surface area contributed by atoms with Gasteiger partial charge in [-0.2, -0.15) is 13.2 Å². The van der Waals surface area contributed by atoms with Crippen LogP contribution in [0.2, 0.25) is 0 Å². The van der Waals surface area contributed by atoms with Gasteiger partial charge in [0.25, 0.3) is 0 Å². The average molecular weight is 392 g/mol. The molecule has 6 heteroatoms. The van der Waals surface area contributed by atoms with Crippen LogP contribution in [0, 0.1) is 3.57 Å². The van der Waals surface area contributed by atoms with Crippen LogP contribution in [0.4, 0.5) is 13.2 Å². The molecule has 0 bridgehead atoms. The first-order valence-corrected chi connectivity index (χ1v) is 6.89. The van der Waals surface area contributed by atoms with Gasteiger partial charge in [-0.1, -0.05) is 30.3 Å². The van der Waals surface area contributed by atoms with Gasteiger partial charge in [0.1, 0.15) is 0 Å². The smallest absolute Gasteiger partial charge is 0.271 e.